The first-order chi connectivity index (χ1) is 9.65. The van der Waals surface area contributed by atoms with Gasteiger partial charge in [0.25, 0.3) is 0 Å². The highest BCUT2D eigenvalue weighted by molar-refractivity contribution is 7.99. The molecule has 0 spiro atoms. The van der Waals surface area contributed by atoms with Crippen molar-refractivity contribution >= 4 is 17.7 Å². The van der Waals surface area contributed by atoms with Gasteiger partial charge in [0.05, 0.1) is 12.2 Å². The maximum Gasteiger partial charge on any atom is 0.335 e. The average Bonchev–Trinajstić information content (AvgIpc) is 2.44. The van der Waals surface area contributed by atoms with Crippen LogP contribution in [-0.2, 0) is 0 Å². The maximum absolute atomic E-state index is 10.9. The van der Waals surface area contributed by atoms with Gasteiger partial charge in [-0.1, -0.05) is 25.8 Å². The third-order valence-corrected chi connectivity index (χ3v) is 4.98. The lowest BCUT2D eigenvalue weighted by Crippen LogP contribution is -2.16. The molecule has 1 aromatic carbocycles. The van der Waals surface area contributed by atoms with E-state index in [4.69, 9.17) is 9.84 Å². The third kappa shape index (κ3) is 4.75. The number of ether oxygens (including phenoxy) is 1. The van der Waals surface area contributed by atoms with Gasteiger partial charge in [-0.25, -0.2) is 4.79 Å². The van der Waals surface area contributed by atoms with Gasteiger partial charge in [0.15, 0.2) is 0 Å². The Morgan fingerprint density at radius 3 is 3.05 bits per heavy atom. The minimum Gasteiger partial charge on any atom is -0.493 e. The molecule has 1 saturated carbocycles. The summed E-state index contributed by atoms with van der Waals surface area (Å²) < 4.78 is 5.63. The number of rotatable bonds is 6. The molecule has 20 heavy (non-hydrogen) atoms. The molecule has 1 fully saturated rings. The van der Waals surface area contributed by atoms with Crippen LogP contribution in [-0.4, -0.2) is 28.7 Å². The van der Waals surface area contributed by atoms with Crippen LogP contribution < -0.4 is 4.74 Å². The van der Waals surface area contributed by atoms with E-state index in [0.717, 1.165) is 16.9 Å². The van der Waals surface area contributed by atoms with Crippen LogP contribution in [0.1, 0.15) is 43.0 Å². The summed E-state index contributed by atoms with van der Waals surface area (Å²) in [6, 6.07) is 6.68. The van der Waals surface area contributed by atoms with Gasteiger partial charge in [-0.3, -0.25) is 0 Å². The molecule has 0 radical (unpaired) electrons. The van der Waals surface area contributed by atoms with Crippen molar-refractivity contribution < 1.29 is 14.6 Å². The minimum absolute atomic E-state index is 0.274. The van der Waals surface area contributed by atoms with Gasteiger partial charge in [-0.05, 0) is 37.0 Å². The molecule has 2 unspecified atom stereocenters. The number of thioether (sulfide) groups is 1. The number of carboxylic acids is 1. The van der Waals surface area contributed by atoms with Crippen molar-refractivity contribution in [3.8, 4) is 5.75 Å². The molecule has 1 aliphatic carbocycles. The van der Waals surface area contributed by atoms with Crippen LogP contribution in [0, 0.1) is 5.92 Å². The second-order valence-electron chi connectivity index (χ2n) is 5.45. The van der Waals surface area contributed by atoms with Gasteiger partial charge in [0.1, 0.15) is 5.75 Å². The van der Waals surface area contributed by atoms with E-state index in [1.165, 1.54) is 25.7 Å². The predicted molar refractivity (Wildman–Crippen MR) is 82.8 cm³/mol. The van der Waals surface area contributed by atoms with E-state index in [0.29, 0.717) is 12.4 Å². The summed E-state index contributed by atoms with van der Waals surface area (Å²) in [6.07, 6.45) is 5.36. The standard InChI is InChI=1S/C16H22O3S/c1-12-4-2-7-15(10-12)20-9-8-19-14-6-3-5-13(11-14)16(17)18/h3,5-6,11-12,15H,2,4,7-10H2,1H3,(H,17,18). The van der Waals surface area contributed by atoms with Gasteiger partial charge in [-0.15, -0.1) is 0 Å². The number of hydrogen-bond donors (Lipinski definition) is 1. The minimum atomic E-state index is -0.916. The molecule has 3 nitrogen and oxygen atoms in total. The first kappa shape index (κ1) is 15.2. The number of benzene rings is 1. The first-order valence-corrected chi connectivity index (χ1v) is 8.28. The van der Waals surface area contributed by atoms with Crippen molar-refractivity contribution in [1.82, 2.24) is 0 Å². The predicted octanol–water partition coefficient (Wildman–Crippen LogP) is 4.08. The van der Waals surface area contributed by atoms with E-state index < -0.39 is 5.97 Å². The molecular formula is C16H22O3S. The van der Waals surface area contributed by atoms with Crippen molar-refractivity contribution in [1.29, 1.82) is 0 Å². The van der Waals surface area contributed by atoms with Crippen molar-refractivity contribution in [3.05, 3.63) is 29.8 Å². The number of carboxylic acid groups (broad SMARTS) is 1. The second kappa shape index (κ2) is 7.58. The van der Waals surface area contributed by atoms with Crippen molar-refractivity contribution in [3.63, 3.8) is 0 Å². The van der Waals surface area contributed by atoms with E-state index in [9.17, 15) is 4.79 Å². The lowest BCUT2D eigenvalue weighted by Gasteiger charge is -2.26. The Labute approximate surface area is 124 Å². The maximum atomic E-state index is 10.9. The van der Waals surface area contributed by atoms with E-state index in [1.807, 2.05) is 11.8 Å². The lowest BCUT2D eigenvalue weighted by atomic mass is 9.91. The van der Waals surface area contributed by atoms with Crippen LogP contribution in [0.25, 0.3) is 0 Å². The Kier molecular flexibility index (Phi) is 5.77. The summed E-state index contributed by atoms with van der Waals surface area (Å²) in [5, 5.41) is 9.69. The molecule has 110 valence electrons. The number of carbonyl (C=O) groups is 1. The Balaban J connectivity index is 1.70. The molecule has 0 bridgehead atoms. The molecule has 0 amide bonds. The Morgan fingerprint density at radius 2 is 2.30 bits per heavy atom. The molecule has 0 heterocycles. The zero-order chi connectivity index (χ0) is 14.4. The highest BCUT2D eigenvalue weighted by Gasteiger charge is 2.18. The second-order valence-corrected chi connectivity index (χ2v) is 6.85. The summed E-state index contributed by atoms with van der Waals surface area (Å²) in [4.78, 5) is 10.9. The molecule has 0 aliphatic heterocycles. The van der Waals surface area contributed by atoms with Crippen LogP contribution in [0.3, 0.4) is 0 Å². The molecule has 2 rings (SSSR count). The monoisotopic (exact) mass is 294 g/mol. The Bertz CT molecular complexity index is 447. The largest absolute Gasteiger partial charge is 0.493 e. The van der Waals surface area contributed by atoms with E-state index >= 15 is 0 Å². The zero-order valence-electron chi connectivity index (χ0n) is 11.9. The third-order valence-electron chi connectivity index (χ3n) is 3.67. The molecule has 0 aromatic heterocycles. The highest BCUT2D eigenvalue weighted by Crippen LogP contribution is 2.31. The van der Waals surface area contributed by atoms with Crippen molar-refractivity contribution in [2.45, 2.75) is 37.9 Å². The smallest absolute Gasteiger partial charge is 0.335 e. The quantitative estimate of drug-likeness (QED) is 0.803. The topological polar surface area (TPSA) is 46.5 Å². The van der Waals surface area contributed by atoms with Gasteiger partial charge >= 0.3 is 5.97 Å². The fourth-order valence-corrected chi connectivity index (χ4v) is 3.93. The Morgan fingerprint density at radius 1 is 1.45 bits per heavy atom. The van der Waals surface area contributed by atoms with Crippen LogP contribution in [0.5, 0.6) is 5.75 Å². The van der Waals surface area contributed by atoms with E-state index in [2.05, 4.69) is 6.92 Å². The zero-order valence-corrected chi connectivity index (χ0v) is 12.7. The van der Waals surface area contributed by atoms with Gasteiger partial charge in [0.2, 0.25) is 0 Å². The normalized spacial score (nSPS) is 22.4. The summed E-state index contributed by atoms with van der Waals surface area (Å²) in [7, 11) is 0. The van der Waals surface area contributed by atoms with Crippen LogP contribution in [0.4, 0.5) is 0 Å². The van der Waals surface area contributed by atoms with Crippen LogP contribution in [0.15, 0.2) is 24.3 Å². The molecule has 1 aliphatic rings. The van der Waals surface area contributed by atoms with E-state index in [1.54, 1.807) is 24.3 Å². The fraction of sp³-hybridized carbons (Fsp3) is 0.562. The average molecular weight is 294 g/mol. The van der Waals surface area contributed by atoms with Crippen molar-refractivity contribution in [2.24, 2.45) is 5.92 Å². The van der Waals surface area contributed by atoms with Gasteiger partial charge in [-0.2, -0.15) is 11.8 Å². The summed E-state index contributed by atoms with van der Waals surface area (Å²) in [6.45, 7) is 2.97. The molecule has 0 saturated heterocycles. The molecule has 1 aromatic rings. The van der Waals surface area contributed by atoms with Crippen molar-refractivity contribution in [2.75, 3.05) is 12.4 Å². The summed E-state index contributed by atoms with van der Waals surface area (Å²) >= 11 is 1.99. The highest BCUT2D eigenvalue weighted by atomic mass is 32.2. The lowest BCUT2D eigenvalue weighted by molar-refractivity contribution is 0.0696. The first-order valence-electron chi connectivity index (χ1n) is 7.23. The molecule has 2 atom stereocenters. The SMILES string of the molecule is CC1CCCC(SCCOc2cccc(C(=O)O)c2)C1. The number of aromatic carboxylic acids is 1. The van der Waals surface area contributed by atoms with Gasteiger partial charge in [0, 0.05) is 11.0 Å². The molecule has 1 N–H and O–H groups in total. The van der Waals surface area contributed by atoms with Crippen LogP contribution in [0.2, 0.25) is 0 Å². The molecular weight excluding hydrogens is 272 g/mol. The summed E-state index contributed by atoms with van der Waals surface area (Å²) in [5.41, 5.74) is 0.274. The Hall–Kier alpha value is -1.16. The fourth-order valence-electron chi connectivity index (χ4n) is 2.62. The number of hydrogen-bond acceptors (Lipinski definition) is 3. The van der Waals surface area contributed by atoms with Crippen LogP contribution >= 0.6 is 11.8 Å². The van der Waals surface area contributed by atoms with E-state index in [-0.39, 0.29) is 5.56 Å². The molecule has 4 heteroatoms. The van der Waals surface area contributed by atoms with Gasteiger partial charge < -0.3 is 9.84 Å². The summed E-state index contributed by atoms with van der Waals surface area (Å²) in [5.74, 6) is 1.55.